The maximum atomic E-state index is 13.2. The smallest absolute Gasteiger partial charge is 0.331 e. The van der Waals surface area contributed by atoms with Crippen molar-refractivity contribution in [1.29, 1.82) is 0 Å². The Morgan fingerprint density at radius 2 is 1.77 bits per heavy atom. The molecule has 0 radical (unpaired) electrons. The van der Waals surface area contributed by atoms with Gasteiger partial charge in [-0.15, -0.1) is 0 Å². The summed E-state index contributed by atoms with van der Waals surface area (Å²) >= 11 is 0. The molecule has 0 saturated heterocycles. The molecule has 0 N–H and O–H groups in total. The summed E-state index contributed by atoms with van der Waals surface area (Å²) in [6.07, 6.45) is 0. The monoisotopic (exact) mass is 420 g/mol. The summed E-state index contributed by atoms with van der Waals surface area (Å²) < 4.78 is 13.9. The highest BCUT2D eigenvalue weighted by molar-refractivity contribution is 5.77. The number of hydrogen-bond acceptors (Lipinski definition) is 6. The molecule has 8 nitrogen and oxygen atoms in total. The Hall–Kier alpha value is -3.68. The van der Waals surface area contributed by atoms with Gasteiger partial charge in [0.25, 0.3) is 5.56 Å². The molecule has 2 aromatic heterocycles. The van der Waals surface area contributed by atoms with Crippen molar-refractivity contribution in [1.82, 2.24) is 19.3 Å². The van der Waals surface area contributed by atoms with E-state index in [4.69, 9.17) is 9.26 Å². The summed E-state index contributed by atoms with van der Waals surface area (Å²) in [5, 5.41) is 4.55. The molecule has 0 saturated carbocycles. The van der Waals surface area contributed by atoms with Crippen LogP contribution in [0.25, 0.3) is 22.3 Å². The van der Waals surface area contributed by atoms with Gasteiger partial charge < -0.3 is 9.26 Å². The Bertz CT molecular complexity index is 1330. The zero-order valence-corrected chi connectivity index (χ0v) is 17.7. The molecule has 0 aliphatic carbocycles. The van der Waals surface area contributed by atoms with Crippen LogP contribution in [0.3, 0.4) is 0 Å². The van der Waals surface area contributed by atoms with Crippen LogP contribution in [0.5, 0.6) is 5.75 Å². The Labute approximate surface area is 178 Å². The topological polar surface area (TPSA) is 92.2 Å². The Kier molecular flexibility index (Phi) is 5.70. The minimum absolute atomic E-state index is 0.0571. The van der Waals surface area contributed by atoms with E-state index in [1.165, 1.54) is 9.13 Å². The number of rotatable bonds is 7. The first-order valence-corrected chi connectivity index (χ1v) is 10.3. The molecule has 2 aromatic carbocycles. The lowest BCUT2D eigenvalue weighted by Crippen LogP contribution is -2.41. The van der Waals surface area contributed by atoms with Gasteiger partial charge in [0.2, 0.25) is 11.7 Å². The number of benzene rings is 2. The highest BCUT2D eigenvalue weighted by atomic mass is 16.5. The minimum Gasteiger partial charge on any atom is -0.493 e. The summed E-state index contributed by atoms with van der Waals surface area (Å²) in [7, 11) is 0. The molecule has 0 atom stereocenters. The van der Waals surface area contributed by atoms with Gasteiger partial charge in [-0.2, -0.15) is 4.98 Å². The van der Waals surface area contributed by atoms with Crippen molar-refractivity contribution in [2.45, 2.75) is 33.9 Å². The number of fused-ring (bicyclic) bond motifs is 1. The second-order valence-corrected chi connectivity index (χ2v) is 7.64. The molecule has 2 heterocycles. The van der Waals surface area contributed by atoms with E-state index in [1.54, 1.807) is 24.3 Å². The fourth-order valence-electron chi connectivity index (χ4n) is 3.55. The lowest BCUT2D eigenvalue weighted by molar-refractivity contribution is 0.340. The van der Waals surface area contributed by atoms with Crippen LogP contribution in [0.1, 0.15) is 26.7 Å². The molecule has 0 bridgehead atoms. The van der Waals surface area contributed by atoms with Crippen molar-refractivity contribution in [2.75, 3.05) is 6.61 Å². The van der Waals surface area contributed by atoms with Crippen molar-refractivity contribution in [2.24, 2.45) is 5.92 Å². The predicted octanol–water partition coefficient (Wildman–Crippen LogP) is 3.32. The van der Waals surface area contributed by atoms with E-state index >= 15 is 0 Å². The Morgan fingerprint density at radius 3 is 2.55 bits per heavy atom. The first-order chi connectivity index (χ1) is 15.0. The molecule has 0 fully saturated rings. The van der Waals surface area contributed by atoms with Crippen molar-refractivity contribution < 1.29 is 9.26 Å². The van der Waals surface area contributed by atoms with Gasteiger partial charge in [-0.05, 0) is 37.1 Å². The molecule has 4 aromatic rings. The average Bonchev–Trinajstić information content (AvgIpc) is 3.23. The van der Waals surface area contributed by atoms with Gasteiger partial charge in [0.15, 0.2) is 0 Å². The molecule has 31 heavy (non-hydrogen) atoms. The zero-order valence-electron chi connectivity index (χ0n) is 17.7. The van der Waals surface area contributed by atoms with Gasteiger partial charge in [0.1, 0.15) is 12.3 Å². The van der Waals surface area contributed by atoms with Crippen molar-refractivity contribution in [3.63, 3.8) is 0 Å². The molecule has 4 rings (SSSR count). The van der Waals surface area contributed by atoms with E-state index in [9.17, 15) is 9.59 Å². The van der Waals surface area contributed by atoms with Gasteiger partial charge in [0, 0.05) is 6.54 Å². The van der Waals surface area contributed by atoms with E-state index < -0.39 is 5.69 Å². The summed E-state index contributed by atoms with van der Waals surface area (Å²) in [6.45, 7) is 6.74. The van der Waals surface area contributed by atoms with Gasteiger partial charge in [-0.3, -0.25) is 13.9 Å². The predicted molar refractivity (Wildman–Crippen MR) is 117 cm³/mol. The fourth-order valence-corrected chi connectivity index (χ4v) is 3.55. The molecule has 0 unspecified atom stereocenters. The molecular formula is C23H24N4O4. The normalized spacial score (nSPS) is 11.4. The maximum absolute atomic E-state index is 13.2. The Morgan fingerprint density at radius 1 is 1.03 bits per heavy atom. The van der Waals surface area contributed by atoms with Crippen LogP contribution in [0, 0.1) is 5.92 Å². The highest BCUT2D eigenvalue weighted by Crippen LogP contribution is 2.27. The summed E-state index contributed by atoms with van der Waals surface area (Å²) in [6, 6.07) is 14.5. The van der Waals surface area contributed by atoms with Gasteiger partial charge in [-0.1, -0.05) is 43.3 Å². The third-order valence-corrected chi connectivity index (χ3v) is 4.87. The lowest BCUT2D eigenvalue weighted by atomic mass is 10.2. The highest BCUT2D eigenvalue weighted by Gasteiger charge is 2.18. The maximum Gasteiger partial charge on any atom is 0.331 e. The molecule has 160 valence electrons. The molecule has 0 aliphatic heterocycles. The first kappa shape index (κ1) is 20.6. The summed E-state index contributed by atoms with van der Waals surface area (Å²) in [4.78, 5) is 30.5. The number of para-hydroxylation sites is 2. The van der Waals surface area contributed by atoms with E-state index in [2.05, 4.69) is 10.1 Å². The van der Waals surface area contributed by atoms with E-state index in [-0.39, 0.29) is 23.9 Å². The van der Waals surface area contributed by atoms with Gasteiger partial charge in [0.05, 0.1) is 23.1 Å². The molecule has 0 amide bonds. The molecule has 0 aliphatic rings. The van der Waals surface area contributed by atoms with Crippen LogP contribution in [0.15, 0.2) is 62.6 Å². The van der Waals surface area contributed by atoms with E-state index in [0.717, 1.165) is 0 Å². The average molecular weight is 420 g/mol. The fraction of sp³-hybridized carbons (Fsp3) is 0.304. The second kappa shape index (κ2) is 8.59. The van der Waals surface area contributed by atoms with E-state index in [0.29, 0.717) is 41.2 Å². The van der Waals surface area contributed by atoms with Crippen LogP contribution < -0.4 is 16.0 Å². The minimum atomic E-state index is -0.396. The SMILES string of the molecule is CCOc1ccccc1-c1noc(Cn2c(=O)n(CC(C)C)c(=O)c3ccccc32)n1. The second-order valence-electron chi connectivity index (χ2n) is 7.64. The zero-order chi connectivity index (χ0) is 22.0. The van der Waals surface area contributed by atoms with Gasteiger partial charge in [-0.25, -0.2) is 4.79 Å². The van der Waals surface area contributed by atoms with Crippen LogP contribution in [-0.4, -0.2) is 25.9 Å². The van der Waals surface area contributed by atoms with E-state index in [1.807, 2.05) is 45.0 Å². The summed E-state index contributed by atoms with van der Waals surface area (Å²) in [5.41, 5.74) is 0.558. The first-order valence-electron chi connectivity index (χ1n) is 10.3. The van der Waals surface area contributed by atoms with Gasteiger partial charge >= 0.3 is 5.69 Å². The standard InChI is InChI=1S/C23H24N4O4/c1-4-30-19-12-8-6-10-17(19)21-24-20(31-25-21)14-26-18-11-7-5-9-16(18)22(28)27(23(26)29)13-15(2)3/h5-12,15H,4,13-14H2,1-3H3. The van der Waals surface area contributed by atoms with Crippen molar-refractivity contribution in [3.05, 3.63) is 75.3 Å². The number of ether oxygens (including phenoxy) is 1. The Balaban J connectivity index is 1.79. The molecular weight excluding hydrogens is 396 g/mol. The number of hydrogen-bond donors (Lipinski definition) is 0. The van der Waals surface area contributed by atoms with Crippen molar-refractivity contribution >= 4 is 10.9 Å². The quantitative estimate of drug-likeness (QED) is 0.455. The third-order valence-electron chi connectivity index (χ3n) is 4.87. The lowest BCUT2D eigenvalue weighted by Gasteiger charge is -2.14. The van der Waals surface area contributed by atoms with Crippen molar-refractivity contribution in [3.8, 4) is 17.1 Å². The summed E-state index contributed by atoms with van der Waals surface area (Å²) in [5.74, 6) is 1.45. The van der Waals surface area contributed by atoms with Crippen LogP contribution in [0.4, 0.5) is 0 Å². The van der Waals surface area contributed by atoms with Crippen LogP contribution in [-0.2, 0) is 13.1 Å². The van der Waals surface area contributed by atoms with Crippen LogP contribution in [0.2, 0.25) is 0 Å². The van der Waals surface area contributed by atoms with Crippen LogP contribution >= 0.6 is 0 Å². The molecule has 8 heteroatoms. The largest absolute Gasteiger partial charge is 0.493 e. The third kappa shape index (κ3) is 4.01. The number of nitrogens with zero attached hydrogens (tertiary/aromatic N) is 4. The number of aromatic nitrogens is 4. The molecule has 0 spiro atoms.